The molecule has 0 aliphatic carbocycles. The van der Waals surface area contributed by atoms with Crippen LogP contribution in [0.3, 0.4) is 0 Å². The summed E-state index contributed by atoms with van der Waals surface area (Å²) in [4.78, 5) is 24.2. The third kappa shape index (κ3) is 3.93. The van der Waals surface area contributed by atoms with Crippen LogP contribution in [0.4, 0.5) is 0 Å². The molecule has 0 aliphatic rings. The second-order valence-electron chi connectivity index (χ2n) is 3.60. The summed E-state index contributed by atoms with van der Waals surface area (Å²) in [6, 6.07) is 0. The molecule has 1 aromatic heterocycles. The van der Waals surface area contributed by atoms with Crippen LogP contribution in [0.15, 0.2) is 9.00 Å². The molecule has 0 spiro atoms. The Bertz CT molecular complexity index is 573. The summed E-state index contributed by atoms with van der Waals surface area (Å²) in [6.07, 6.45) is 0.775. The SMILES string of the molecule is CCCNC(=O)CNS(=O)(=O)c1sc(=O)[nH]c1C. The van der Waals surface area contributed by atoms with E-state index < -0.39 is 20.8 Å². The number of aromatic amines is 1. The molecule has 9 heteroatoms. The van der Waals surface area contributed by atoms with Gasteiger partial charge in [-0.2, -0.15) is 0 Å². The van der Waals surface area contributed by atoms with E-state index in [2.05, 4.69) is 15.0 Å². The molecule has 0 saturated carbocycles. The van der Waals surface area contributed by atoms with Crippen molar-refractivity contribution >= 4 is 27.3 Å². The van der Waals surface area contributed by atoms with Crippen molar-refractivity contribution in [2.75, 3.05) is 13.1 Å². The fraction of sp³-hybridized carbons (Fsp3) is 0.556. The molecule has 3 N–H and O–H groups in total. The highest BCUT2D eigenvalue weighted by Crippen LogP contribution is 2.14. The predicted octanol–water partition coefficient (Wildman–Crippen LogP) is -0.451. The number of hydrogen-bond donors (Lipinski definition) is 3. The molecule has 0 fully saturated rings. The first-order chi connectivity index (χ1) is 8.36. The minimum atomic E-state index is -3.81. The molecule has 18 heavy (non-hydrogen) atoms. The minimum absolute atomic E-state index is 0.0872. The van der Waals surface area contributed by atoms with Crippen LogP contribution in [0.2, 0.25) is 0 Å². The number of H-pyrrole nitrogens is 1. The molecule has 0 radical (unpaired) electrons. The lowest BCUT2D eigenvalue weighted by Gasteiger charge is -2.05. The summed E-state index contributed by atoms with van der Waals surface area (Å²) < 4.78 is 25.7. The number of aromatic nitrogens is 1. The van der Waals surface area contributed by atoms with E-state index >= 15 is 0 Å². The van der Waals surface area contributed by atoms with Crippen LogP contribution in [0, 0.1) is 6.92 Å². The molecule has 0 unspecified atom stereocenters. The number of hydrogen-bond acceptors (Lipinski definition) is 5. The maximum atomic E-state index is 11.8. The van der Waals surface area contributed by atoms with Crippen LogP contribution >= 0.6 is 11.3 Å². The van der Waals surface area contributed by atoms with Crippen molar-refractivity contribution in [1.82, 2.24) is 15.0 Å². The van der Waals surface area contributed by atoms with E-state index in [9.17, 15) is 18.0 Å². The topological polar surface area (TPSA) is 108 Å². The van der Waals surface area contributed by atoms with Gasteiger partial charge in [-0.25, -0.2) is 13.1 Å². The van der Waals surface area contributed by atoms with Crippen LogP contribution in [-0.4, -0.2) is 32.4 Å². The van der Waals surface area contributed by atoms with Gasteiger partial charge in [-0.3, -0.25) is 9.59 Å². The van der Waals surface area contributed by atoms with Crippen LogP contribution in [0.25, 0.3) is 0 Å². The van der Waals surface area contributed by atoms with Crippen molar-refractivity contribution in [3.8, 4) is 0 Å². The maximum Gasteiger partial charge on any atom is 0.305 e. The van der Waals surface area contributed by atoms with E-state index in [0.717, 1.165) is 6.42 Å². The van der Waals surface area contributed by atoms with E-state index in [-0.39, 0.29) is 16.4 Å². The van der Waals surface area contributed by atoms with E-state index in [1.807, 2.05) is 6.92 Å². The third-order valence-corrected chi connectivity index (χ3v) is 5.03. The third-order valence-electron chi connectivity index (χ3n) is 2.02. The number of nitrogens with one attached hydrogen (secondary N) is 3. The molecule has 0 atom stereocenters. The first-order valence-corrected chi connectivity index (χ1v) is 7.63. The van der Waals surface area contributed by atoms with Crippen LogP contribution in [0.5, 0.6) is 0 Å². The number of sulfonamides is 1. The van der Waals surface area contributed by atoms with E-state index in [1.165, 1.54) is 6.92 Å². The molecule has 1 amide bonds. The molecule has 0 saturated heterocycles. The van der Waals surface area contributed by atoms with Gasteiger partial charge in [-0.05, 0) is 13.3 Å². The molecule has 0 aliphatic heterocycles. The number of carbonyl (C=O) groups excluding carboxylic acids is 1. The summed E-state index contributed by atoms with van der Waals surface area (Å²) in [6.45, 7) is 3.54. The zero-order chi connectivity index (χ0) is 13.8. The summed E-state index contributed by atoms with van der Waals surface area (Å²) >= 11 is 0.598. The number of aryl methyl sites for hydroxylation is 1. The summed E-state index contributed by atoms with van der Waals surface area (Å²) in [5, 5.41) is 2.54. The lowest BCUT2D eigenvalue weighted by molar-refractivity contribution is -0.119. The van der Waals surface area contributed by atoms with Crippen molar-refractivity contribution in [1.29, 1.82) is 0 Å². The van der Waals surface area contributed by atoms with E-state index in [0.29, 0.717) is 17.9 Å². The smallest absolute Gasteiger partial charge is 0.305 e. The molecule has 102 valence electrons. The fourth-order valence-electron chi connectivity index (χ4n) is 1.20. The molecule has 7 nitrogen and oxygen atoms in total. The van der Waals surface area contributed by atoms with E-state index in [4.69, 9.17) is 0 Å². The van der Waals surface area contributed by atoms with Crippen molar-refractivity contribution in [3.63, 3.8) is 0 Å². The van der Waals surface area contributed by atoms with Gasteiger partial charge < -0.3 is 10.3 Å². The standard InChI is InChI=1S/C9H15N3O4S2/c1-3-4-10-7(13)5-11-18(15,16)8-6(2)12-9(14)17-8/h11H,3-5H2,1-2H3,(H,10,13)(H,12,14). The predicted molar refractivity (Wildman–Crippen MR) is 68.2 cm³/mol. The zero-order valence-electron chi connectivity index (χ0n) is 10.1. The van der Waals surface area contributed by atoms with Crippen LogP contribution in [-0.2, 0) is 14.8 Å². The summed E-state index contributed by atoms with van der Waals surface area (Å²) in [5.41, 5.74) is 0.270. The highest BCUT2D eigenvalue weighted by molar-refractivity contribution is 7.91. The van der Waals surface area contributed by atoms with Gasteiger partial charge >= 0.3 is 4.87 Å². The van der Waals surface area contributed by atoms with Gasteiger partial charge in [0.1, 0.15) is 0 Å². The van der Waals surface area contributed by atoms with Gasteiger partial charge in [-0.15, -0.1) is 0 Å². The minimum Gasteiger partial charge on any atom is -0.355 e. The molecular weight excluding hydrogens is 278 g/mol. The number of thiazole rings is 1. The first kappa shape index (κ1) is 14.9. The van der Waals surface area contributed by atoms with Gasteiger partial charge in [0.2, 0.25) is 5.91 Å². The lowest BCUT2D eigenvalue weighted by Crippen LogP contribution is -2.37. The highest BCUT2D eigenvalue weighted by Gasteiger charge is 2.21. The Labute approximate surface area is 109 Å². The largest absolute Gasteiger partial charge is 0.355 e. The second kappa shape index (κ2) is 6.12. The Morgan fingerprint density at radius 3 is 2.61 bits per heavy atom. The Morgan fingerprint density at radius 1 is 1.44 bits per heavy atom. The van der Waals surface area contributed by atoms with Crippen LogP contribution in [0.1, 0.15) is 19.0 Å². The Kier molecular flexibility index (Phi) is 5.05. The summed E-state index contributed by atoms with van der Waals surface area (Å²) in [7, 11) is -3.81. The van der Waals surface area contributed by atoms with Gasteiger partial charge in [0.15, 0.2) is 4.21 Å². The van der Waals surface area contributed by atoms with Gasteiger partial charge in [0.25, 0.3) is 10.0 Å². The van der Waals surface area contributed by atoms with Crippen molar-refractivity contribution in [2.24, 2.45) is 0 Å². The Balaban J connectivity index is 2.69. The van der Waals surface area contributed by atoms with Crippen molar-refractivity contribution < 1.29 is 13.2 Å². The van der Waals surface area contributed by atoms with E-state index in [1.54, 1.807) is 0 Å². The molecule has 1 rings (SSSR count). The Hall–Kier alpha value is -1.19. The zero-order valence-corrected chi connectivity index (χ0v) is 11.7. The number of carbonyl (C=O) groups is 1. The average Bonchev–Trinajstić information content (AvgIpc) is 2.64. The monoisotopic (exact) mass is 293 g/mol. The van der Waals surface area contributed by atoms with Gasteiger partial charge in [-0.1, -0.05) is 18.3 Å². The molecule has 0 bridgehead atoms. The average molecular weight is 293 g/mol. The molecule has 1 heterocycles. The molecule has 1 aromatic rings. The molecule has 0 aromatic carbocycles. The van der Waals surface area contributed by atoms with Gasteiger partial charge in [0.05, 0.1) is 6.54 Å². The lowest BCUT2D eigenvalue weighted by atomic mass is 10.5. The maximum absolute atomic E-state index is 11.8. The van der Waals surface area contributed by atoms with Gasteiger partial charge in [0, 0.05) is 12.2 Å². The second-order valence-corrected chi connectivity index (χ2v) is 6.55. The summed E-state index contributed by atoms with van der Waals surface area (Å²) in [5.74, 6) is -0.402. The molecular formula is C9H15N3O4S2. The van der Waals surface area contributed by atoms with Crippen molar-refractivity contribution in [3.05, 3.63) is 15.4 Å². The number of amides is 1. The van der Waals surface area contributed by atoms with Crippen LogP contribution < -0.4 is 14.9 Å². The first-order valence-electron chi connectivity index (χ1n) is 5.33. The fourth-order valence-corrected chi connectivity index (χ4v) is 3.53. The normalized spacial score (nSPS) is 11.4. The quantitative estimate of drug-likeness (QED) is 0.660. The van der Waals surface area contributed by atoms with Crippen molar-refractivity contribution in [2.45, 2.75) is 24.5 Å². The Morgan fingerprint density at radius 2 is 2.11 bits per heavy atom. The highest BCUT2D eigenvalue weighted by atomic mass is 32.2. The number of rotatable bonds is 6.